The second-order valence-corrected chi connectivity index (χ2v) is 6.55. The Balaban J connectivity index is 1.80. The van der Waals surface area contributed by atoms with Crippen molar-refractivity contribution < 1.29 is 13.5 Å². The number of aromatic nitrogens is 2. The molecule has 0 amide bonds. The van der Waals surface area contributed by atoms with E-state index in [0.29, 0.717) is 35.8 Å². The SMILES string of the molecule is [CH2]c1cc2cc(c1)OCCCCNc1cc(F)ccc1-c1nc(ncc1F)N2. The van der Waals surface area contributed by atoms with Crippen molar-refractivity contribution in [2.24, 2.45) is 0 Å². The molecule has 1 aromatic heterocycles. The topological polar surface area (TPSA) is 59.1 Å². The number of nitrogens with zero attached hydrogens (tertiary/aromatic N) is 2. The van der Waals surface area contributed by atoms with Gasteiger partial charge in [0.05, 0.1) is 12.8 Å². The molecule has 0 aliphatic carbocycles. The second-order valence-electron chi connectivity index (χ2n) is 6.55. The van der Waals surface area contributed by atoms with Crippen LogP contribution >= 0.6 is 0 Å². The van der Waals surface area contributed by atoms with Crippen LogP contribution in [0.25, 0.3) is 11.3 Å². The number of hydrogen-bond donors (Lipinski definition) is 2. The summed E-state index contributed by atoms with van der Waals surface area (Å²) in [6, 6.07) is 9.64. The molecule has 2 aromatic carbocycles. The first-order valence-corrected chi connectivity index (χ1v) is 9.02. The van der Waals surface area contributed by atoms with Crippen LogP contribution in [0, 0.1) is 18.6 Å². The minimum absolute atomic E-state index is 0.0946. The molecule has 4 rings (SSSR count). The maximum atomic E-state index is 14.5. The van der Waals surface area contributed by atoms with Crippen molar-refractivity contribution in [2.45, 2.75) is 12.8 Å². The van der Waals surface area contributed by atoms with Crippen LogP contribution in [0.2, 0.25) is 0 Å². The molecule has 0 unspecified atom stereocenters. The van der Waals surface area contributed by atoms with E-state index in [2.05, 4.69) is 27.5 Å². The normalized spacial score (nSPS) is 13.8. The Morgan fingerprint density at radius 1 is 1.07 bits per heavy atom. The van der Waals surface area contributed by atoms with Gasteiger partial charge in [0.1, 0.15) is 17.3 Å². The molecule has 143 valence electrons. The lowest BCUT2D eigenvalue weighted by Gasteiger charge is -2.13. The molecule has 1 aliphatic heterocycles. The van der Waals surface area contributed by atoms with Gasteiger partial charge in [-0.25, -0.2) is 18.7 Å². The third-order valence-corrected chi connectivity index (χ3v) is 4.36. The van der Waals surface area contributed by atoms with E-state index in [1.165, 1.54) is 18.2 Å². The lowest BCUT2D eigenvalue weighted by atomic mass is 10.1. The van der Waals surface area contributed by atoms with Crippen molar-refractivity contribution in [3.63, 3.8) is 0 Å². The number of halogens is 2. The summed E-state index contributed by atoms with van der Waals surface area (Å²) in [6.45, 7) is 5.09. The fourth-order valence-electron chi connectivity index (χ4n) is 3.07. The second kappa shape index (κ2) is 7.80. The zero-order chi connectivity index (χ0) is 19.5. The van der Waals surface area contributed by atoms with Gasteiger partial charge in [0, 0.05) is 29.5 Å². The Morgan fingerprint density at radius 3 is 2.86 bits per heavy atom. The predicted octanol–water partition coefficient (Wildman–Crippen LogP) is 4.93. The first kappa shape index (κ1) is 18.2. The van der Waals surface area contributed by atoms with Gasteiger partial charge in [-0.05, 0) is 55.7 Å². The lowest BCUT2D eigenvalue weighted by Crippen LogP contribution is -2.07. The van der Waals surface area contributed by atoms with Crippen molar-refractivity contribution in [3.8, 4) is 17.0 Å². The predicted molar refractivity (Wildman–Crippen MR) is 105 cm³/mol. The number of rotatable bonds is 0. The van der Waals surface area contributed by atoms with E-state index in [0.717, 1.165) is 24.6 Å². The summed E-state index contributed by atoms with van der Waals surface area (Å²) in [4.78, 5) is 8.33. The van der Waals surface area contributed by atoms with E-state index in [-0.39, 0.29) is 11.6 Å². The molecular weight excluding hydrogens is 362 g/mol. The van der Waals surface area contributed by atoms with Gasteiger partial charge in [-0.15, -0.1) is 0 Å². The van der Waals surface area contributed by atoms with Crippen LogP contribution in [-0.2, 0) is 0 Å². The number of anilines is 3. The summed E-state index contributed by atoms with van der Waals surface area (Å²) in [5.74, 6) is -0.0811. The molecule has 2 heterocycles. The monoisotopic (exact) mass is 381 g/mol. The molecular formula is C21H19F2N4O. The van der Waals surface area contributed by atoms with Crippen LogP contribution in [0.3, 0.4) is 0 Å². The average Bonchev–Trinajstić information content (AvgIpc) is 2.66. The van der Waals surface area contributed by atoms with Crippen LogP contribution < -0.4 is 15.4 Å². The first-order valence-electron chi connectivity index (χ1n) is 9.02. The Labute approximate surface area is 161 Å². The Hall–Kier alpha value is -3.22. The van der Waals surface area contributed by atoms with Gasteiger partial charge in [-0.1, -0.05) is 0 Å². The van der Waals surface area contributed by atoms with Gasteiger partial charge < -0.3 is 15.4 Å². The number of ether oxygens (including phenoxy) is 1. The average molecular weight is 381 g/mol. The van der Waals surface area contributed by atoms with Crippen molar-refractivity contribution in [1.29, 1.82) is 0 Å². The third kappa shape index (κ3) is 4.03. The molecule has 2 N–H and O–H groups in total. The zero-order valence-corrected chi connectivity index (χ0v) is 15.1. The van der Waals surface area contributed by atoms with Gasteiger partial charge in [-0.2, -0.15) is 0 Å². The Bertz CT molecular complexity index is 1010. The molecule has 0 spiro atoms. The summed E-state index contributed by atoms with van der Waals surface area (Å²) in [5, 5.41) is 6.23. The number of fused-ring (bicyclic) bond motifs is 6. The minimum atomic E-state index is -0.584. The summed E-state index contributed by atoms with van der Waals surface area (Å²) < 4.78 is 34.1. The molecule has 7 heteroatoms. The van der Waals surface area contributed by atoms with Crippen molar-refractivity contribution in [2.75, 3.05) is 23.8 Å². The molecule has 0 atom stereocenters. The molecule has 0 saturated heterocycles. The maximum Gasteiger partial charge on any atom is 0.227 e. The first-order chi connectivity index (χ1) is 13.6. The van der Waals surface area contributed by atoms with Gasteiger partial charge in [0.2, 0.25) is 5.95 Å². The van der Waals surface area contributed by atoms with Gasteiger partial charge in [0.15, 0.2) is 5.82 Å². The standard InChI is InChI=1S/C21H19F2N4O/c1-13-8-15-11-16(9-13)28-7-3-2-6-24-19-10-14(22)4-5-17(19)20-18(23)12-25-21(26-15)27-20/h4-5,8-12,24H,1-3,6-7H2,(H,25,26,27). The van der Waals surface area contributed by atoms with Crippen LogP contribution in [0.15, 0.2) is 42.6 Å². The highest BCUT2D eigenvalue weighted by Gasteiger charge is 2.15. The van der Waals surface area contributed by atoms with E-state index in [1.54, 1.807) is 0 Å². The summed E-state index contributed by atoms with van der Waals surface area (Å²) >= 11 is 0. The number of nitrogens with one attached hydrogen (secondary N) is 2. The van der Waals surface area contributed by atoms with Crippen LogP contribution in [0.4, 0.5) is 26.1 Å². The molecule has 0 saturated carbocycles. The van der Waals surface area contributed by atoms with Crippen LogP contribution in [0.1, 0.15) is 18.4 Å². The Morgan fingerprint density at radius 2 is 1.96 bits per heavy atom. The fourth-order valence-corrected chi connectivity index (χ4v) is 3.07. The molecule has 4 bridgehead atoms. The molecule has 0 fully saturated rings. The maximum absolute atomic E-state index is 14.5. The van der Waals surface area contributed by atoms with Crippen LogP contribution in [-0.4, -0.2) is 23.1 Å². The summed E-state index contributed by atoms with van der Waals surface area (Å²) in [6.07, 6.45) is 2.72. The van der Waals surface area contributed by atoms with E-state index in [4.69, 9.17) is 4.74 Å². The molecule has 5 nitrogen and oxygen atoms in total. The summed E-state index contributed by atoms with van der Waals surface area (Å²) in [7, 11) is 0. The van der Waals surface area contributed by atoms with E-state index in [9.17, 15) is 8.78 Å². The van der Waals surface area contributed by atoms with Gasteiger partial charge in [-0.3, -0.25) is 0 Å². The quantitative estimate of drug-likeness (QED) is 0.578. The van der Waals surface area contributed by atoms with Gasteiger partial charge >= 0.3 is 0 Å². The number of benzene rings is 2. The molecule has 1 radical (unpaired) electrons. The minimum Gasteiger partial charge on any atom is -0.494 e. The van der Waals surface area contributed by atoms with E-state index < -0.39 is 11.6 Å². The Kier molecular flexibility index (Phi) is 5.06. The van der Waals surface area contributed by atoms with Crippen molar-refractivity contribution >= 4 is 17.3 Å². The highest BCUT2D eigenvalue weighted by molar-refractivity contribution is 5.76. The van der Waals surface area contributed by atoms with Crippen molar-refractivity contribution in [3.05, 3.63) is 66.7 Å². The smallest absolute Gasteiger partial charge is 0.227 e. The molecule has 1 aliphatic rings. The zero-order valence-electron chi connectivity index (χ0n) is 15.1. The molecule has 3 aromatic rings. The highest BCUT2D eigenvalue weighted by atomic mass is 19.1. The van der Waals surface area contributed by atoms with Gasteiger partial charge in [0.25, 0.3) is 0 Å². The highest BCUT2D eigenvalue weighted by Crippen LogP contribution is 2.31. The molecule has 28 heavy (non-hydrogen) atoms. The summed E-state index contributed by atoms with van der Waals surface area (Å²) in [5.41, 5.74) is 2.51. The van der Waals surface area contributed by atoms with E-state index in [1.807, 2.05) is 18.2 Å². The van der Waals surface area contributed by atoms with Crippen molar-refractivity contribution in [1.82, 2.24) is 9.97 Å². The lowest BCUT2D eigenvalue weighted by molar-refractivity contribution is 0.308. The number of hydrogen-bond acceptors (Lipinski definition) is 5. The van der Waals surface area contributed by atoms with Crippen LogP contribution in [0.5, 0.6) is 5.75 Å². The third-order valence-electron chi connectivity index (χ3n) is 4.36. The van der Waals surface area contributed by atoms with E-state index >= 15 is 0 Å². The fraction of sp³-hybridized carbons (Fsp3) is 0.190. The largest absolute Gasteiger partial charge is 0.494 e.